The molecule has 0 aromatic heterocycles. The first kappa shape index (κ1) is 10.7. The number of benzene rings is 1. The van der Waals surface area contributed by atoms with E-state index in [2.05, 4.69) is 0 Å². The van der Waals surface area contributed by atoms with Crippen LogP contribution in [0.4, 0.5) is 5.69 Å². The summed E-state index contributed by atoms with van der Waals surface area (Å²) >= 11 is 0. The minimum atomic E-state index is -0.528. The molecule has 0 atom stereocenters. The Morgan fingerprint density at radius 2 is 1.75 bits per heavy atom. The number of hydrogen-bond donors (Lipinski definition) is 1. The van der Waals surface area contributed by atoms with Gasteiger partial charge in [-0.05, 0) is 32.9 Å². The van der Waals surface area contributed by atoms with Crippen LogP contribution in [-0.2, 0) is 0 Å². The van der Waals surface area contributed by atoms with Crippen molar-refractivity contribution in [3.05, 3.63) is 29.3 Å². The van der Waals surface area contributed by atoms with E-state index in [-0.39, 0.29) is 11.8 Å². The van der Waals surface area contributed by atoms with Gasteiger partial charge in [-0.3, -0.25) is 14.5 Å². The van der Waals surface area contributed by atoms with Crippen molar-refractivity contribution in [1.29, 1.82) is 0 Å². The number of carbonyl (C=O) groups is 2. The molecule has 0 fully saturated rings. The summed E-state index contributed by atoms with van der Waals surface area (Å²) < 4.78 is 0. The molecule has 0 radical (unpaired) electrons. The zero-order valence-corrected chi connectivity index (χ0v) is 9.57. The van der Waals surface area contributed by atoms with E-state index in [9.17, 15) is 9.59 Å². The molecule has 2 N–H and O–H groups in total. The SMILES string of the molecule is CC(C)(C)N1C(=O)c2cccc(N)c2C1=O. The molecule has 2 amide bonds. The smallest absolute Gasteiger partial charge is 0.264 e. The Hall–Kier alpha value is -1.84. The summed E-state index contributed by atoms with van der Waals surface area (Å²) in [7, 11) is 0. The van der Waals surface area contributed by atoms with Crippen molar-refractivity contribution in [3.63, 3.8) is 0 Å². The quantitative estimate of drug-likeness (QED) is 0.532. The van der Waals surface area contributed by atoms with E-state index in [1.165, 1.54) is 4.90 Å². The van der Waals surface area contributed by atoms with Gasteiger partial charge in [-0.2, -0.15) is 0 Å². The Kier molecular flexibility index (Phi) is 2.05. The summed E-state index contributed by atoms with van der Waals surface area (Å²) in [5, 5.41) is 0. The number of hydrogen-bond acceptors (Lipinski definition) is 3. The Morgan fingerprint density at radius 1 is 1.12 bits per heavy atom. The molecule has 0 spiro atoms. The van der Waals surface area contributed by atoms with Crippen molar-refractivity contribution < 1.29 is 9.59 Å². The molecule has 1 aromatic carbocycles. The molecule has 0 aliphatic carbocycles. The van der Waals surface area contributed by atoms with Gasteiger partial charge < -0.3 is 5.73 Å². The van der Waals surface area contributed by atoms with Crippen LogP contribution in [0.3, 0.4) is 0 Å². The van der Waals surface area contributed by atoms with Crippen LogP contribution in [0.2, 0.25) is 0 Å². The van der Waals surface area contributed by atoms with Gasteiger partial charge in [-0.15, -0.1) is 0 Å². The van der Waals surface area contributed by atoms with E-state index in [0.717, 1.165) is 0 Å². The van der Waals surface area contributed by atoms with Crippen LogP contribution in [0.5, 0.6) is 0 Å². The summed E-state index contributed by atoms with van der Waals surface area (Å²) in [6, 6.07) is 4.96. The predicted molar refractivity (Wildman–Crippen MR) is 61.1 cm³/mol. The number of amides is 2. The molecule has 1 heterocycles. The Morgan fingerprint density at radius 3 is 2.25 bits per heavy atom. The maximum atomic E-state index is 12.1. The molecule has 0 saturated heterocycles. The first-order chi connectivity index (χ1) is 7.34. The topological polar surface area (TPSA) is 63.4 Å². The van der Waals surface area contributed by atoms with Crippen LogP contribution in [0.1, 0.15) is 41.5 Å². The lowest BCUT2D eigenvalue weighted by molar-refractivity contribution is 0.0508. The summed E-state index contributed by atoms with van der Waals surface area (Å²) in [5.74, 6) is -0.564. The lowest BCUT2D eigenvalue weighted by Gasteiger charge is -2.29. The molecule has 1 aliphatic rings. The number of carbonyl (C=O) groups excluding carboxylic acids is 2. The van der Waals surface area contributed by atoms with Crippen molar-refractivity contribution in [3.8, 4) is 0 Å². The van der Waals surface area contributed by atoms with E-state index < -0.39 is 5.54 Å². The number of anilines is 1. The average molecular weight is 218 g/mol. The lowest BCUT2D eigenvalue weighted by Crippen LogP contribution is -2.45. The zero-order chi connectivity index (χ0) is 12.1. The molecular weight excluding hydrogens is 204 g/mol. The second-order valence-corrected chi connectivity index (χ2v) is 4.89. The van der Waals surface area contributed by atoms with E-state index >= 15 is 0 Å². The molecule has 0 unspecified atom stereocenters. The maximum Gasteiger partial charge on any atom is 0.264 e. The highest BCUT2D eigenvalue weighted by Crippen LogP contribution is 2.32. The number of nitrogens with zero attached hydrogens (tertiary/aromatic N) is 1. The Bertz CT molecular complexity index is 486. The first-order valence-electron chi connectivity index (χ1n) is 5.11. The zero-order valence-electron chi connectivity index (χ0n) is 9.57. The molecule has 0 bridgehead atoms. The third-order valence-corrected chi connectivity index (χ3v) is 2.62. The van der Waals surface area contributed by atoms with E-state index in [1.807, 2.05) is 20.8 Å². The summed E-state index contributed by atoms with van der Waals surface area (Å²) in [6.45, 7) is 5.47. The third-order valence-electron chi connectivity index (χ3n) is 2.62. The fraction of sp³-hybridized carbons (Fsp3) is 0.333. The highest BCUT2D eigenvalue weighted by atomic mass is 16.2. The van der Waals surface area contributed by atoms with Gasteiger partial charge in [0, 0.05) is 11.2 Å². The minimum absolute atomic E-state index is 0.264. The summed E-state index contributed by atoms with van der Waals surface area (Å²) in [6.07, 6.45) is 0. The summed E-state index contributed by atoms with van der Waals surface area (Å²) in [5.41, 5.74) is 6.30. The molecule has 1 aromatic rings. The molecule has 2 rings (SSSR count). The molecule has 1 aliphatic heterocycles. The van der Waals surface area contributed by atoms with Gasteiger partial charge in [0.15, 0.2) is 0 Å². The molecule has 4 nitrogen and oxygen atoms in total. The average Bonchev–Trinajstić information content (AvgIpc) is 2.39. The second-order valence-electron chi connectivity index (χ2n) is 4.89. The van der Waals surface area contributed by atoms with Gasteiger partial charge in [0.25, 0.3) is 11.8 Å². The number of fused-ring (bicyclic) bond motifs is 1. The van der Waals surface area contributed by atoms with Crippen LogP contribution in [0.15, 0.2) is 18.2 Å². The van der Waals surface area contributed by atoms with Crippen LogP contribution in [0, 0.1) is 0 Å². The van der Waals surface area contributed by atoms with Gasteiger partial charge in [-0.25, -0.2) is 0 Å². The Balaban J connectivity index is 2.62. The van der Waals surface area contributed by atoms with Crippen molar-refractivity contribution in [2.75, 3.05) is 5.73 Å². The van der Waals surface area contributed by atoms with E-state index in [4.69, 9.17) is 5.73 Å². The van der Waals surface area contributed by atoms with Gasteiger partial charge in [0.05, 0.1) is 11.1 Å². The summed E-state index contributed by atoms with van der Waals surface area (Å²) in [4.78, 5) is 25.4. The van der Waals surface area contributed by atoms with Gasteiger partial charge in [0.1, 0.15) is 0 Å². The highest BCUT2D eigenvalue weighted by molar-refractivity contribution is 6.24. The molecule has 0 saturated carbocycles. The highest BCUT2D eigenvalue weighted by Gasteiger charge is 2.42. The van der Waals surface area contributed by atoms with Crippen LogP contribution >= 0.6 is 0 Å². The Labute approximate surface area is 94.0 Å². The first-order valence-corrected chi connectivity index (χ1v) is 5.11. The van der Waals surface area contributed by atoms with Gasteiger partial charge in [-0.1, -0.05) is 6.07 Å². The standard InChI is InChI=1S/C12H14N2O2/c1-12(2,3)14-10(15)7-5-4-6-8(13)9(7)11(14)16/h4-6H,13H2,1-3H3. The van der Waals surface area contributed by atoms with Crippen molar-refractivity contribution in [2.24, 2.45) is 0 Å². The van der Waals surface area contributed by atoms with Crippen LogP contribution < -0.4 is 5.73 Å². The maximum absolute atomic E-state index is 12.1. The lowest BCUT2D eigenvalue weighted by atomic mass is 10.1. The molecule has 16 heavy (non-hydrogen) atoms. The normalized spacial score (nSPS) is 15.6. The van der Waals surface area contributed by atoms with Gasteiger partial charge in [0.2, 0.25) is 0 Å². The minimum Gasteiger partial charge on any atom is -0.398 e. The van der Waals surface area contributed by atoms with E-state index in [0.29, 0.717) is 16.8 Å². The van der Waals surface area contributed by atoms with Crippen LogP contribution in [0.25, 0.3) is 0 Å². The fourth-order valence-electron chi connectivity index (χ4n) is 1.92. The van der Waals surface area contributed by atoms with Crippen molar-refractivity contribution in [1.82, 2.24) is 4.90 Å². The monoisotopic (exact) mass is 218 g/mol. The molecule has 84 valence electrons. The number of nitrogen functional groups attached to an aromatic ring is 1. The van der Waals surface area contributed by atoms with Crippen molar-refractivity contribution in [2.45, 2.75) is 26.3 Å². The van der Waals surface area contributed by atoms with Gasteiger partial charge >= 0.3 is 0 Å². The predicted octanol–water partition coefficient (Wildman–Crippen LogP) is 1.66. The number of nitrogens with two attached hydrogens (primary N) is 1. The fourth-order valence-corrected chi connectivity index (χ4v) is 1.92. The largest absolute Gasteiger partial charge is 0.398 e. The molecule has 4 heteroatoms. The van der Waals surface area contributed by atoms with Crippen LogP contribution in [-0.4, -0.2) is 22.3 Å². The number of imide groups is 1. The van der Waals surface area contributed by atoms with Crippen molar-refractivity contribution >= 4 is 17.5 Å². The third kappa shape index (κ3) is 1.30. The second kappa shape index (κ2) is 3.07. The van der Waals surface area contributed by atoms with E-state index in [1.54, 1.807) is 18.2 Å². The molecular formula is C12H14N2O2. The number of rotatable bonds is 0.